The van der Waals surface area contributed by atoms with Gasteiger partial charge in [0.2, 0.25) is 5.91 Å². The topological polar surface area (TPSA) is 77.2 Å². The van der Waals surface area contributed by atoms with Gasteiger partial charge in [0.1, 0.15) is 5.54 Å². The van der Waals surface area contributed by atoms with Crippen LogP contribution in [0.25, 0.3) is 0 Å². The average molecular weight is 289 g/mol. The summed E-state index contributed by atoms with van der Waals surface area (Å²) in [6.45, 7) is 7.22. The monoisotopic (exact) mass is 289 g/mol. The first kappa shape index (κ1) is 14.5. The number of nitrogens with zero attached hydrogens (tertiary/aromatic N) is 1. The van der Waals surface area contributed by atoms with E-state index in [1.165, 1.54) is 0 Å². The van der Waals surface area contributed by atoms with Crippen molar-refractivity contribution < 1.29 is 9.53 Å². The van der Waals surface area contributed by atoms with Crippen molar-refractivity contribution in [2.75, 3.05) is 6.61 Å². The number of rotatable bonds is 3. The van der Waals surface area contributed by atoms with Gasteiger partial charge in [-0.3, -0.25) is 9.78 Å². The summed E-state index contributed by atoms with van der Waals surface area (Å²) >= 11 is 0. The summed E-state index contributed by atoms with van der Waals surface area (Å²) in [5.74, 6) is 0.0463. The summed E-state index contributed by atoms with van der Waals surface area (Å²) in [7, 11) is 0. The van der Waals surface area contributed by atoms with Crippen LogP contribution in [-0.4, -0.2) is 29.1 Å². The van der Waals surface area contributed by atoms with Gasteiger partial charge in [-0.25, -0.2) is 0 Å². The minimum Gasteiger partial charge on any atom is -0.377 e. The van der Waals surface area contributed by atoms with Crippen molar-refractivity contribution in [2.45, 2.75) is 45.4 Å². The summed E-state index contributed by atoms with van der Waals surface area (Å²) in [6.07, 6.45) is 4.50. The van der Waals surface area contributed by atoms with Crippen LogP contribution in [-0.2, 0) is 16.1 Å². The molecule has 2 aliphatic rings. The number of carbonyl (C=O) groups is 1. The summed E-state index contributed by atoms with van der Waals surface area (Å²) in [4.78, 5) is 16.8. The predicted octanol–water partition coefficient (Wildman–Crippen LogP) is 1.15. The van der Waals surface area contributed by atoms with E-state index in [2.05, 4.69) is 10.3 Å². The van der Waals surface area contributed by atoms with Crippen LogP contribution in [0.2, 0.25) is 0 Å². The standard InChI is InChI=1S/C16H23N3O2/c1-10-4-6-18-8-11(10)9-19-14(20)16(17)12-5-7-21-13(12)15(16,2)3/h4,6,8,12-13H,5,7,9,17H2,1-3H3,(H,19,20). The summed E-state index contributed by atoms with van der Waals surface area (Å²) in [5.41, 5.74) is 7.47. The highest BCUT2D eigenvalue weighted by molar-refractivity contribution is 5.89. The molecule has 2 fully saturated rings. The second-order valence-corrected chi connectivity index (χ2v) is 6.76. The lowest BCUT2D eigenvalue weighted by Crippen LogP contribution is -2.80. The Labute approximate surface area is 125 Å². The zero-order valence-corrected chi connectivity index (χ0v) is 12.8. The molecule has 1 saturated carbocycles. The molecule has 21 heavy (non-hydrogen) atoms. The predicted molar refractivity (Wildman–Crippen MR) is 79.4 cm³/mol. The van der Waals surface area contributed by atoms with E-state index in [9.17, 15) is 4.79 Å². The number of hydrogen-bond acceptors (Lipinski definition) is 4. The molecular formula is C16H23N3O2. The molecule has 1 aliphatic carbocycles. The number of fused-ring (bicyclic) bond motifs is 1. The third-order valence-electron chi connectivity index (χ3n) is 5.42. The van der Waals surface area contributed by atoms with Crippen molar-refractivity contribution in [3.63, 3.8) is 0 Å². The molecule has 1 saturated heterocycles. The van der Waals surface area contributed by atoms with Crippen LogP contribution in [0.15, 0.2) is 18.5 Å². The van der Waals surface area contributed by atoms with Crippen molar-refractivity contribution in [1.29, 1.82) is 0 Å². The van der Waals surface area contributed by atoms with Crippen LogP contribution in [0.5, 0.6) is 0 Å². The Kier molecular flexibility index (Phi) is 3.30. The van der Waals surface area contributed by atoms with Gasteiger partial charge in [-0.05, 0) is 30.5 Å². The van der Waals surface area contributed by atoms with Crippen LogP contribution in [0.1, 0.15) is 31.4 Å². The summed E-state index contributed by atoms with van der Waals surface area (Å²) < 4.78 is 5.72. The number of amides is 1. The molecule has 3 unspecified atom stereocenters. The fourth-order valence-corrected chi connectivity index (χ4v) is 3.85. The quantitative estimate of drug-likeness (QED) is 0.875. The molecule has 0 bridgehead atoms. The smallest absolute Gasteiger partial charge is 0.241 e. The van der Waals surface area contributed by atoms with Crippen molar-refractivity contribution in [1.82, 2.24) is 10.3 Å². The van der Waals surface area contributed by atoms with E-state index in [1.807, 2.05) is 26.8 Å². The highest BCUT2D eigenvalue weighted by atomic mass is 16.5. The van der Waals surface area contributed by atoms with Crippen LogP contribution in [0.4, 0.5) is 0 Å². The lowest BCUT2D eigenvalue weighted by Gasteiger charge is -2.60. The van der Waals surface area contributed by atoms with Gasteiger partial charge in [0.15, 0.2) is 0 Å². The zero-order valence-electron chi connectivity index (χ0n) is 12.8. The Bertz CT molecular complexity index is 572. The van der Waals surface area contributed by atoms with Gasteiger partial charge < -0.3 is 15.8 Å². The number of aryl methyl sites for hydroxylation is 1. The third kappa shape index (κ3) is 1.91. The molecule has 5 heteroatoms. The molecule has 1 aromatic rings. The van der Waals surface area contributed by atoms with Gasteiger partial charge in [0.25, 0.3) is 0 Å². The first-order valence-corrected chi connectivity index (χ1v) is 7.47. The Morgan fingerprint density at radius 2 is 2.33 bits per heavy atom. The van der Waals surface area contributed by atoms with Crippen LogP contribution in [0, 0.1) is 18.3 Å². The molecular weight excluding hydrogens is 266 g/mol. The fraction of sp³-hybridized carbons (Fsp3) is 0.625. The normalized spacial score (nSPS) is 33.1. The second-order valence-electron chi connectivity index (χ2n) is 6.76. The molecule has 1 amide bonds. The fourth-order valence-electron chi connectivity index (χ4n) is 3.85. The van der Waals surface area contributed by atoms with E-state index in [0.29, 0.717) is 13.2 Å². The van der Waals surface area contributed by atoms with E-state index < -0.39 is 5.54 Å². The number of ether oxygens (including phenoxy) is 1. The zero-order chi connectivity index (χ0) is 15.3. The minimum atomic E-state index is -0.843. The molecule has 3 N–H and O–H groups in total. The molecule has 3 rings (SSSR count). The molecule has 1 aromatic heterocycles. The summed E-state index contributed by atoms with van der Waals surface area (Å²) in [5, 5.41) is 2.99. The maximum Gasteiger partial charge on any atom is 0.241 e. The number of hydrogen-bond donors (Lipinski definition) is 2. The number of nitrogens with two attached hydrogens (primary N) is 1. The van der Waals surface area contributed by atoms with Gasteiger partial charge in [0.05, 0.1) is 6.10 Å². The maximum absolute atomic E-state index is 12.7. The van der Waals surface area contributed by atoms with Gasteiger partial charge in [0, 0.05) is 36.9 Å². The lowest BCUT2D eigenvalue weighted by molar-refractivity contribution is -0.175. The average Bonchev–Trinajstić information content (AvgIpc) is 2.93. The number of pyridine rings is 1. The minimum absolute atomic E-state index is 0.0810. The molecule has 5 nitrogen and oxygen atoms in total. The highest BCUT2D eigenvalue weighted by Gasteiger charge is 2.71. The molecule has 3 atom stereocenters. The highest BCUT2D eigenvalue weighted by Crippen LogP contribution is 2.58. The maximum atomic E-state index is 12.7. The molecule has 0 radical (unpaired) electrons. The molecule has 1 aliphatic heterocycles. The largest absolute Gasteiger partial charge is 0.377 e. The van der Waals surface area contributed by atoms with Gasteiger partial charge in [-0.15, -0.1) is 0 Å². The summed E-state index contributed by atoms with van der Waals surface area (Å²) in [6, 6.07) is 1.94. The first-order valence-electron chi connectivity index (χ1n) is 7.47. The molecule has 114 valence electrons. The Morgan fingerprint density at radius 3 is 3.05 bits per heavy atom. The molecule has 0 aromatic carbocycles. The lowest BCUT2D eigenvalue weighted by atomic mass is 9.48. The Balaban J connectivity index is 1.72. The third-order valence-corrected chi connectivity index (χ3v) is 5.42. The van der Waals surface area contributed by atoms with E-state index in [0.717, 1.165) is 17.5 Å². The first-order chi connectivity index (χ1) is 9.89. The van der Waals surface area contributed by atoms with E-state index in [4.69, 9.17) is 10.5 Å². The van der Waals surface area contributed by atoms with E-state index in [-0.39, 0.29) is 23.3 Å². The van der Waals surface area contributed by atoms with Gasteiger partial charge in [-0.1, -0.05) is 13.8 Å². The van der Waals surface area contributed by atoms with Gasteiger partial charge in [-0.2, -0.15) is 0 Å². The SMILES string of the molecule is Cc1ccncc1CNC(=O)C1(N)C2CCOC2C1(C)C. The van der Waals surface area contributed by atoms with E-state index in [1.54, 1.807) is 12.4 Å². The molecule has 2 heterocycles. The second kappa shape index (κ2) is 4.78. The van der Waals surface area contributed by atoms with Crippen LogP contribution >= 0.6 is 0 Å². The van der Waals surface area contributed by atoms with Crippen molar-refractivity contribution >= 4 is 5.91 Å². The van der Waals surface area contributed by atoms with Crippen molar-refractivity contribution in [3.8, 4) is 0 Å². The van der Waals surface area contributed by atoms with Gasteiger partial charge >= 0.3 is 0 Å². The van der Waals surface area contributed by atoms with Crippen molar-refractivity contribution in [2.24, 2.45) is 17.1 Å². The number of nitrogens with one attached hydrogen (secondary N) is 1. The van der Waals surface area contributed by atoms with Crippen LogP contribution < -0.4 is 11.1 Å². The van der Waals surface area contributed by atoms with E-state index >= 15 is 0 Å². The number of carbonyl (C=O) groups excluding carboxylic acids is 1. The van der Waals surface area contributed by atoms with Crippen LogP contribution in [0.3, 0.4) is 0 Å². The van der Waals surface area contributed by atoms with Crippen molar-refractivity contribution in [3.05, 3.63) is 29.6 Å². The molecule has 0 spiro atoms. The Hall–Kier alpha value is -1.46. The Morgan fingerprint density at radius 1 is 1.57 bits per heavy atom. The number of aromatic nitrogens is 1.